The van der Waals surface area contributed by atoms with Crippen molar-refractivity contribution in [3.63, 3.8) is 0 Å². The molecule has 1 fully saturated rings. The number of para-hydroxylation sites is 1. The summed E-state index contributed by atoms with van der Waals surface area (Å²) in [5.74, 6) is -1.58. The van der Waals surface area contributed by atoms with Gasteiger partial charge in [-0.3, -0.25) is 9.59 Å². The van der Waals surface area contributed by atoms with E-state index in [1.54, 1.807) is 7.05 Å². The van der Waals surface area contributed by atoms with Crippen molar-refractivity contribution in [1.82, 2.24) is 19.3 Å². The molecule has 1 saturated heterocycles. The number of fused-ring (bicyclic) bond motifs is 1. The Hall–Kier alpha value is -4.08. The van der Waals surface area contributed by atoms with E-state index in [-0.39, 0.29) is 5.69 Å². The van der Waals surface area contributed by atoms with Crippen LogP contribution >= 0.6 is 0 Å². The Kier molecular flexibility index (Phi) is 5.58. The second-order valence-corrected chi connectivity index (χ2v) is 8.62. The predicted molar refractivity (Wildman–Crippen MR) is 129 cm³/mol. The number of aromatic nitrogens is 4. The Balaban J connectivity index is 1.61. The summed E-state index contributed by atoms with van der Waals surface area (Å²) in [6.45, 7) is 3.62. The fourth-order valence-electron chi connectivity index (χ4n) is 4.53. The fourth-order valence-corrected chi connectivity index (χ4v) is 4.53. The van der Waals surface area contributed by atoms with Gasteiger partial charge in [0.1, 0.15) is 22.7 Å². The zero-order chi connectivity index (χ0) is 24.9. The van der Waals surface area contributed by atoms with Crippen molar-refractivity contribution in [1.29, 1.82) is 0 Å². The van der Waals surface area contributed by atoms with Gasteiger partial charge in [-0.05, 0) is 50.1 Å². The molecule has 4 aromatic rings. The highest BCUT2D eigenvalue weighted by atomic mass is 19.1. The van der Waals surface area contributed by atoms with Crippen molar-refractivity contribution >= 4 is 28.3 Å². The van der Waals surface area contributed by atoms with Gasteiger partial charge in [-0.2, -0.15) is 9.78 Å². The monoisotopic (exact) mass is 478 g/mol. The molecule has 1 amide bonds. The van der Waals surface area contributed by atoms with Crippen LogP contribution in [0.5, 0.6) is 0 Å². The van der Waals surface area contributed by atoms with Crippen LogP contribution in [0.3, 0.4) is 0 Å². The molecule has 0 bridgehead atoms. The molecule has 8 nitrogen and oxygen atoms in total. The lowest BCUT2D eigenvalue weighted by molar-refractivity contribution is 0.0986. The molecule has 35 heavy (non-hydrogen) atoms. The first kappa shape index (κ1) is 22.7. The van der Waals surface area contributed by atoms with Gasteiger partial charge < -0.3 is 14.4 Å². The molecule has 3 heterocycles. The lowest BCUT2D eigenvalue weighted by atomic mass is 10.1. The molecule has 0 spiro atoms. The molecule has 0 unspecified atom stereocenters. The van der Waals surface area contributed by atoms with Crippen LogP contribution in [0.25, 0.3) is 16.7 Å². The molecule has 5 rings (SSSR count). The largest absolute Gasteiger partial charge is 0.368 e. The molecular weight excluding hydrogens is 454 g/mol. The predicted octanol–water partition coefficient (Wildman–Crippen LogP) is 3.58. The zero-order valence-corrected chi connectivity index (χ0v) is 19.6. The minimum absolute atomic E-state index is 0.126. The fraction of sp³-hybridized carbons (Fsp3) is 0.280. The van der Waals surface area contributed by atoms with Crippen molar-refractivity contribution in [2.75, 3.05) is 29.9 Å². The Bertz CT molecular complexity index is 1500. The smallest absolute Gasteiger partial charge is 0.278 e. The molecule has 180 valence electrons. The molecule has 10 heteroatoms. The first-order valence-electron chi connectivity index (χ1n) is 11.3. The number of carbonyl (C=O) groups excluding carboxylic acids is 1. The van der Waals surface area contributed by atoms with E-state index in [0.717, 1.165) is 66.7 Å². The molecule has 1 aliphatic rings. The van der Waals surface area contributed by atoms with Crippen molar-refractivity contribution in [3.05, 3.63) is 76.0 Å². The number of rotatable bonds is 4. The van der Waals surface area contributed by atoms with Gasteiger partial charge in [0.2, 0.25) is 0 Å². The number of amides is 1. The maximum atomic E-state index is 14.3. The highest BCUT2D eigenvalue weighted by Crippen LogP contribution is 2.38. The van der Waals surface area contributed by atoms with E-state index >= 15 is 0 Å². The van der Waals surface area contributed by atoms with Gasteiger partial charge in [0.15, 0.2) is 11.6 Å². The normalized spacial score (nSPS) is 13.6. The van der Waals surface area contributed by atoms with E-state index < -0.39 is 28.8 Å². The third-order valence-electron chi connectivity index (χ3n) is 6.49. The van der Waals surface area contributed by atoms with Crippen LogP contribution in [0, 0.1) is 18.6 Å². The molecule has 0 N–H and O–H groups in total. The van der Waals surface area contributed by atoms with Crippen LogP contribution in [0.2, 0.25) is 0 Å². The Labute approximate surface area is 200 Å². The maximum Gasteiger partial charge on any atom is 0.278 e. The summed E-state index contributed by atoms with van der Waals surface area (Å²) in [5, 5.41) is 4.02. The van der Waals surface area contributed by atoms with E-state index in [1.807, 2.05) is 30.7 Å². The van der Waals surface area contributed by atoms with Crippen LogP contribution in [-0.4, -0.2) is 45.4 Å². The molecule has 0 aliphatic carbocycles. The number of hydrogen-bond donors (Lipinski definition) is 0. The number of halogens is 2. The minimum atomic E-state index is -0.954. The average Bonchev–Trinajstić information content (AvgIpc) is 3.47. The number of carbonyl (C=O) groups is 1. The van der Waals surface area contributed by atoms with Gasteiger partial charge in [-0.1, -0.05) is 6.07 Å². The van der Waals surface area contributed by atoms with Crippen LogP contribution in [0.15, 0.2) is 47.3 Å². The summed E-state index contributed by atoms with van der Waals surface area (Å²) >= 11 is 0. The lowest BCUT2D eigenvalue weighted by Crippen LogP contribution is -2.32. The molecule has 0 atom stereocenters. The maximum absolute atomic E-state index is 14.3. The van der Waals surface area contributed by atoms with Gasteiger partial charge >= 0.3 is 0 Å². The molecule has 2 aromatic carbocycles. The van der Waals surface area contributed by atoms with Crippen LogP contribution in [0.4, 0.5) is 20.2 Å². The Morgan fingerprint density at radius 3 is 2.37 bits per heavy atom. The number of aryl methyl sites for hydroxylation is 2. The van der Waals surface area contributed by atoms with Crippen molar-refractivity contribution in [2.45, 2.75) is 19.8 Å². The SMILES string of the molecule is Cc1nc2c(N3CCCC3)c(N(C)C(=O)c3ccc(=O)n(-c4c(F)cccc4F)n3)ccc2n1C. The summed E-state index contributed by atoms with van der Waals surface area (Å²) in [5.41, 5.74) is 1.74. The number of benzene rings is 2. The van der Waals surface area contributed by atoms with E-state index in [9.17, 15) is 18.4 Å². The quantitative estimate of drug-likeness (QED) is 0.448. The van der Waals surface area contributed by atoms with Gasteiger partial charge in [0.25, 0.3) is 11.5 Å². The number of anilines is 2. The van der Waals surface area contributed by atoms with Crippen molar-refractivity contribution in [2.24, 2.45) is 7.05 Å². The third kappa shape index (κ3) is 3.74. The first-order valence-corrected chi connectivity index (χ1v) is 11.3. The van der Waals surface area contributed by atoms with E-state index in [0.29, 0.717) is 10.4 Å². The van der Waals surface area contributed by atoms with Crippen molar-refractivity contribution in [3.8, 4) is 5.69 Å². The third-order valence-corrected chi connectivity index (χ3v) is 6.49. The lowest BCUT2D eigenvalue weighted by Gasteiger charge is -2.26. The topological polar surface area (TPSA) is 76.3 Å². The average molecular weight is 479 g/mol. The summed E-state index contributed by atoms with van der Waals surface area (Å²) in [6.07, 6.45) is 2.08. The molecule has 0 radical (unpaired) electrons. The second kappa shape index (κ2) is 8.61. The standard InChI is InChI=1S/C25H24F2N6O2/c1-15-28-22-19(30(15)2)10-11-20(24(22)32-13-4-5-14-32)31(3)25(35)18-9-12-21(34)33(29-18)23-16(26)7-6-8-17(23)27/h6-12H,4-5,13-14H2,1-3H3. The minimum Gasteiger partial charge on any atom is -0.368 e. The van der Waals surface area contributed by atoms with E-state index in [4.69, 9.17) is 4.98 Å². The van der Waals surface area contributed by atoms with Crippen LogP contribution < -0.4 is 15.4 Å². The zero-order valence-electron chi connectivity index (χ0n) is 19.6. The number of hydrogen-bond acceptors (Lipinski definition) is 5. The van der Waals surface area contributed by atoms with Gasteiger partial charge in [0, 0.05) is 33.3 Å². The second-order valence-electron chi connectivity index (χ2n) is 8.62. The van der Waals surface area contributed by atoms with E-state index in [2.05, 4.69) is 10.00 Å². The highest BCUT2D eigenvalue weighted by molar-refractivity contribution is 6.09. The summed E-state index contributed by atoms with van der Waals surface area (Å²) in [6, 6.07) is 9.36. The van der Waals surface area contributed by atoms with Crippen molar-refractivity contribution < 1.29 is 13.6 Å². The first-order chi connectivity index (χ1) is 16.8. The summed E-state index contributed by atoms with van der Waals surface area (Å²) < 4.78 is 31.2. The van der Waals surface area contributed by atoms with Gasteiger partial charge in [-0.25, -0.2) is 13.8 Å². The molecular formula is C25H24F2N6O2. The highest BCUT2D eigenvalue weighted by Gasteiger charge is 2.27. The number of imidazole rings is 1. The molecule has 0 saturated carbocycles. The van der Waals surface area contributed by atoms with Gasteiger partial charge in [0.05, 0.1) is 16.9 Å². The molecule has 1 aliphatic heterocycles. The Morgan fingerprint density at radius 1 is 1.00 bits per heavy atom. The van der Waals surface area contributed by atoms with Crippen LogP contribution in [-0.2, 0) is 7.05 Å². The van der Waals surface area contributed by atoms with Crippen LogP contribution in [0.1, 0.15) is 29.2 Å². The Morgan fingerprint density at radius 2 is 1.69 bits per heavy atom. The van der Waals surface area contributed by atoms with E-state index in [1.165, 1.54) is 17.0 Å². The number of nitrogens with zero attached hydrogens (tertiary/aromatic N) is 6. The van der Waals surface area contributed by atoms with Gasteiger partial charge in [-0.15, -0.1) is 0 Å². The molecule has 2 aromatic heterocycles. The summed E-state index contributed by atoms with van der Waals surface area (Å²) in [4.78, 5) is 34.3. The summed E-state index contributed by atoms with van der Waals surface area (Å²) in [7, 11) is 3.56.